The lowest BCUT2D eigenvalue weighted by Gasteiger charge is -2.11. The largest absolute Gasteiger partial charge is 0.494 e. The molecule has 0 aliphatic carbocycles. The number of H-pyrrole nitrogens is 1. The lowest BCUT2D eigenvalue weighted by Crippen LogP contribution is -2.32. The fraction of sp³-hybridized carbons (Fsp3) is 0.167. The van der Waals surface area contributed by atoms with E-state index >= 15 is 0 Å². The number of aromatic hydroxyl groups is 1. The summed E-state index contributed by atoms with van der Waals surface area (Å²) < 4.78 is 25.8. The van der Waals surface area contributed by atoms with Crippen molar-refractivity contribution in [3.63, 3.8) is 0 Å². The molecule has 2 N–H and O–H groups in total. The molecule has 5 nitrogen and oxygen atoms in total. The van der Waals surface area contributed by atoms with Crippen molar-refractivity contribution in [3.8, 4) is 17.0 Å². The highest BCUT2D eigenvalue weighted by molar-refractivity contribution is 9.10. The van der Waals surface area contributed by atoms with Crippen LogP contribution in [-0.4, -0.2) is 21.1 Å². The first-order valence-corrected chi connectivity index (χ1v) is 6.30. The Bertz CT molecular complexity index is 755. The summed E-state index contributed by atoms with van der Waals surface area (Å²) in [4.78, 5) is 25.2. The van der Waals surface area contributed by atoms with Crippen LogP contribution in [0.15, 0.2) is 38.3 Å². The van der Waals surface area contributed by atoms with Gasteiger partial charge < -0.3 is 5.11 Å². The fourth-order valence-electron chi connectivity index (χ4n) is 1.77. The Hall–Kier alpha value is -1.96. The SMILES string of the molecule is O=c1[nH]c(=O)n(CC(F)F)c(O)c1-c1ccccc1Br. The van der Waals surface area contributed by atoms with Crippen molar-refractivity contribution in [1.82, 2.24) is 9.55 Å². The normalized spacial score (nSPS) is 11.0. The highest BCUT2D eigenvalue weighted by Crippen LogP contribution is 2.30. The van der Waals surface area contributed by atoms with Crippen LogP contribution < -0.4 is 11.2 Å². The maximum atomic E-state index is 12.4. The second kappa shape index (κ2) is 5.58. The molecule has 1 heterocycles. The Labute approximate surface area is 119 Å². The van der Waals surface area contributed by atoms with E-state index in [2.05, 4.69) is 15.9 Å². The number of halogens is 3. The Kier molecular flexibility index (Phi) is 4.03. The number of benzene rings is 1. The van der Waals surface area contributed by atoms with Crippen LogP contribution >= 0.6 is 15.9 Å². The zero-order valence-corrected chi connectivity index (χ0v) is 11.5. The number of hydrogen-bond donors (Lipinski definition) is 2. The van der Waals surface area contributed by atoms with E-state index in [1.807, 2.05) is 4.98 Å². The van der Waals surface area contributed by atoms with E-state index in [9.17, 15) is 23.5 Å². The van der Waals surface area contributed by atoms with Gasteiger partial charge in [0.1, 0.15) is 5.56 Å². The van der Waals surface area contributed by atoms with Gasteiger partial charge in [0.2, 0.25) is 5.88 Å². The second-order valence-electron chi connectivity index (χ2n) is 3.94. The van der Waals surface area contributed by atoms with Crippen molar-refractivity contribution in [1.29, 1.82) is 0 Å². The van der Waals surface area contributed by atoms with Crippen LogP contribution in [0, 0.1) is 0 Å². The minimum atomic E-state index is -2.84. The second-order valence-corrected chi connectivity index (χ2v) is 4.79. The molecule has 0 aliphatic heterocycles. The highest BCUT2D eigenvalue weighted by atomic mass is 79.9. The molecule has 20 heavy (non-hydrogen) atoms. The van der Waals surface area contributed by atoms with Crippen molar-refractivity contribution in [2.75, 3.05) is 0 Å². The van der Waals surface area contributed by atoms with E-state index in [1.54, 1.807) is 18.2 Å². The molecule has 0 bridgehead atoms. The van der Waals surface area contributed by atoms with Crippen molar-refractivity contribution in [3.05, 3.63) is 49.6 Å². The lowest BCUT2D eigenvalue weighted by atomic mass is 10.1. The van der Waals surface area contributed by atoms with Crippen LogP contribution in [0.25, 0.3) is 11.1 Å². The van der Waals surface area contributed by atoms with Crippen molar-refractivity contribution in [2.45, 2.75) is 13.0 Å². The summed E-state index contributed by atoms with van der Waals surface area (Å²) in [5, 5.41) is 9.97. The van der Waals surface area contributed by atoms with E-state index in [0.29, 0.717) is 14.6 Å². The predicted molar refractivity (Wildman–Crippen MR) is 72.1 cm³/mol. The van der Waals surface area contributed by atoms with Gasteiger partial charge in [0.15, 0.2) is 0 Å². The number of nitrogens with zero attached hydrogens (tertiary/aromatic N) is 1. The molecule has 106 valence electrons. The van der Waals surface area contributed by atoms with E-state index in [-0.39, 0.29) is 5.56 Å². The van der Waals surface area contributed by atoms with E-state index < -0.39 is 30.1 Å². The molecule has 0 spiro atoms. The first-order chi connectivity index (χ1) is 9.41. The smallest absolute Gasteiger partial charge is 0.331 e. The third-order valence-electron chi connectivity index (χ3n) is 2.64. The first-order valence-electron chi connectivity index (χ1n) is 5.51. The topological polar surface area (TPSA) is 75.1 Å². The number of alkyl halides is 2. The van der Waals surface area contributed by atoms with Crippen LogP contribution in [0.3, 0.4) is 0 Å². The summed E-state index contributed by atoms with van der Waals surface area (Å²) in [5.41, 5.74) is -1.86. The average molecular weight is 347 g/mol. The van der Waals surface area contributed by atoms with Crippen molar-refractivity contribution in [2.24, 2.45) is 0 Å². The molecule has 0 saturated carbocycles. The summed E-state index contributed by atoms with van der Waals surface area (Å²) >= 11 is 3.20. The van der Waals surface area contributed by atoms with Crippen LogP contribution in [0.1, 0.15) is 0 Å². The minimum Gasteiger partial charge on any atom is -0.494 e. The van der Waals surface area contributed by atoms with Gasteiger partial charge in [-0.3, -0.25) is 14.3 Å². The van der Waals surface area contributed by atoms with Crippen molar-refractivity contribution < 1.29 is 13.9 Å². The van der Waals surface area contributed by atoms with Gasteiger partial charge in [-0.25, -0.2) is 13.6 Å². The zero-order chi connectivity index (χ0) is 14.9. The van der Waals surface area contributed by atoms with Gasteiger partial charge in [-0.1, -0.05) is 34.1 Å². The van der Waals surface area contributed by atoms with Crippen LogP contribution in [-0.2, 0) is 6.54 Å². The average Bonchev–Trinajstić information content (AvgIpc) is 2.36. The van der Waals surface area contributed by atoms with Gasteiger partial charge in [0.05, 0.1) is 6.54 Å². The first kappa shape index (κ1) is 14.4. The van der Waals surface area contributed by atoms with Crippen molar-refractivity contribution >= 4 is 15.9 Å². The van der Waals surface area contributed by atoms with Gasteiger partial charge in [-0.15, -0.1) is 0 Å². The van der Waals surface area contributed by atoms with Gasteiger partial charge in [0, 0.05) is 10.0 Å². The molecule has 2 aromatic rings. The Morgan fingerprint density at radius 3 is 2.55 bits per heavy atom. The summed E-state index contributed by atoms with van der Waals surface area (Å²) in [5.74, 6) is -0.786. The molecule has 0 unspecified atom stereocenters. The third-order valence-corrected chi connectivity index (χ3v) is 3.33. The number of aromatic nitrogens is 2. The van der Waals surface area contributed by atoms with Gasteiger partial charge in [0.25, 0.3) is 12.0 Å². The molecule has 0 amide bonds. The monoisotopic (exact) mass is 346 g/mol. The maximum absolute atomic E-state index is 12.4. The van der Waals surface area contributed by atoms with E-state index in [1.165, 1.54) is 6.07 Å². The van der Waals surface area contributed by atoms with E-state index in [4.69, 9.17) is 0 Å². The standard InChI is InChI=1S/C12H9BrF2N2O3/c13-7-4-2-1-3-6(7)9-10(18)16-12(20)17(11(9)19)5-8(14)15/h1-4,8,19H,5H2,(H,16,18,20). The maximum Gasteiger partial charge on any atom is 0.331 e. The number of nitrogens with one attached hydrogen (secondary N) is 1. The summed E-state index contributed by atoms with van der Waals surface area (Å²) in [6.45, 7) is -1.00. The van der Waals surface area contributed by atoms with Gasteiger partial charge >= 0.3 is 5.69 Å². The Balaban J connectivity index is 2.75. The summed E-state index contributed by atoms with van der Waals surface area (Å²) in [6, 6.07) is 6.44. The predicted octanol–water partition coefficient (Wildman–Crippen LogP) is 1.94. The van der Waals surface area contributed by atoms with Gasteiger partial charge in [-0.05, 0) is 6.07 Å². The Morgan fingerprint density at radius 1 is 1.30 bits per heavy atom. The number of rotatable bonds is 3. The molecule has 1 aromatic heterocycles. The van der Waals surface area contributed by atoms with E-state index in [0.717, 1.165) is 0 Å². The number of hydrogen-bond acceptors (Lipinski definition) is 3. The summed E-state index contributed by atoms with van der Waals surface area (Å²) in [7, 11) is 0. The molecular weight excluding hydrogens is 338 g/mol. The minimum absolute atomic E-state index is 0.238. The molecule has 0 fully saturated rings. The molecule has 8 heteroatoms. The lowest BCUT2D eigenvalue weighted by molar-refractivity contribution is 0.120. The highest BCUT2D eigenvalue weighted by Gasteiger charge is 2.19. The number of aromatic amines is 1. The fourth-order valence-corrected chi connectivity index (χ4v) is 2.26. The molecule has 0 aliphatic rings. The zero-order valence-electron chi connectivity index (χ0n) is 9.94. The van der Waals surface area contributed by atoms with Gasteiger partial charge in [-0.2, -0.15) is 0 Å². The van der Waals surface area contributed by atoms with Crippen LogP contribution in [0.4, 0.5) is 8.78 Å². The van der Waals surface area contributed by atoms with Crippen LogP contribution in [0.2, 0.25) is 0 Å². The molecule has 0 radical (unpaired) electrons. The molecule has 0 atom stereocenters. The molecule has 0 saturated heterocycles. The molecule has 1 aromatic carbocycles. The summed E-state index contributed by atoms with van der Waals surface area (Å²) in [6.07, 6.45) is -2.84. The molecule has 2 rings (SSSR count). The Morgan fingerprint density at radius 2 is 1.95 bits per heavy atom. The quantitative estimate of drug-likeness (QED) is 0.891. The molecular formula is C12H9BrF2N2O3. The van der Waals surface area contributed by atoms with Crippen LogP contribution in [0.5, 0.6) is 5.88 Å². The third kappa shape index (κ3) is 2.64.